The summed E-state index contributed by atoms with van der Waals surface area (Å²) in [5.74, 6) is 0.218. The van der Waals surface area contributed by atoms with E-state index in [4.69, 9.17) is 0 Å². The average Bonchev–Trinajstić information content (AvgIpc) is 3.06. The first-order chi connectivity index (χ1) is 9.72. The molecular weight excluding hydrogens is 256 g/mol. The van der Waals surface area contributed by atoms with Gasteiger partial charge in [-0.2, -0.15) is 0 Å². The number of aromatic nitrogens is 2. The lowest BCUT2D eigenvalue weighted by Crippen LogP contribution is -2.33. The Balaban J connectivity index is 0.000000121. The van der Waals surface area contributed by atoms with E-state index in [0.717, 1.165) is 5.69 Å². The van der Waals surface area contributed by atoms with Crippen molar-refractivity contribution in [2.24, 2.45) is 0 Å². The molecule has 0 radical (unpaired) electrons. The molecule has 0 unspecified atom stereocenters. The van der Waals surface area contributed by atoms with Gasteiger partial charge in [-0.1, -0.05) is 0 Å². The zero-order valence-electron chi connectivity index (χ0n) is 11.0. The SMILES string of the molecule is O=C1Cc2cccn2CN1.O=C1Cn2cccc2CN1. The molecule has 2 N–H and O–H groups in total. The number of hydrogen-bond acceptors (Lipinski definition) is 2. The lowest BCUT2D eigenvalue weighted by molar-refractivity contribution is -0.123. The maximum atomic E-state index is 10.8. The lowest BCUT2D eigenvalue weighted by Gasteiger charge is -2.15. The Bertz CT molecular complexity index is 585. The number of carbonyl (C=O) groups excluding carboxylic acids is 2. The Morgan fingerprint density at radius 1 is 0.900 bits per heavy atom. The Morgan fingerprint density at radius 3 is 2.50 bits per heavy atom. The zero-order valence-corrected chi connectivity index (χ0v) is 11.0. The third-order valence-corrected chi connectivity index (χ3v) is 3.42. The van der Waals surface area contributed by atoms with E-state index in [1.807, 2.05) is 45.8 Å². The van der Waals surface area contributed by atoms with E-state index in [0.29, 0.717) is 26.2 Å². The largest absolute Gasteiger partial charge is 0.349 e. The van der Waals surface area contributed by atoms with Crippen LogP contribution >= 0.6 is 0 Å². The highest BCUT2D eigenvalue weighted by atomic mass is 16.2. The molecule has 0 fully saturated rings. The molecule has 2 aromatic rings. The Morgan fingerprint density at radius 2 is 1.65 bits per heavy atom. The monoisotopic (exact) mass is 272 g/mol. The van der Waals surface area contributed by atoms with E-state index < -0.39 is 0 Å². The van der Waals surface area contributed by atoms with Gasteiger partial charge in [-0.3, -0.25) is 9.59 Å². The number of nitrogens with zero attached hydrogens (tertiary/aromatic N) is 2. The number of fused-ring (bicyclic) bond motifs is 2. The predicted molar refractivity (Wildman–Crippen MR) is 72.6 cm³/mol. The summed E-state index contributed by atoms with van der Waals surface area (Å²) in [7, 11) is 0. The zero-order chi connectivity index (χ0) is 13.9. The van der Waals surface area contributed by atoms with E-state index in [1.165, 1.54) is 5.69 Å². The lowest BCUT2D eigenvalue weighted by atomic mass is 10.3. The smallest absolute Gasteiger partial charge is 0.240 e. The van der Waals surface area contributed by atoms with E-state index in [9.17, 15) is 9.59 Å². The van der Waals surface area contributed by atoms with Gasteiger partial charge in [0, 0.05) is 23.8 Å². The van der Waals surface area contributed by atoms with Gasteiger partial charge in [0.2, 0.25) is 11.8 Å². The first-order valence-electron chi connectivity index (χ1n) is 6.54. The highest BCUT2D eigenvalue weighted by molar-refractivity contribution is 5.78. The van der Waals surface area contributed by atoms with Crippen molar-refractivity contribution in [1.29, 1.82) is 0 Å². The van der Waals surface area contributed by atoms with Crippen LogP contribution in [0.5, 0.6) is 0 Å². The summed E-state index contributed by atoms with van der Waals surface area (Å²) in [6.07, 6.45) is 4.41. The van der Waals surface area contributed by atoms with Gasteiger partial charge in [-0.15, -0.1) is 0 Å². The Kier molecular flexibility index (Phi) is 3.28. The van der Waals surface area contributed by atoms with Gasteiger partial charge >= 0.3 is 0 Å². The fourth-order valence-corrected chi connectivity index (χ4v) is 2.33. The molecule has 6 heteroatoms. The number of hydrogen-bond donors (Lipinski definition) is 2. The van der Waals surface area contributed by atoms with Crippen LogP contribution in [0.2, 0.25) is 0 Å². The van der Waals surface area contributed by atoms with Crippen LogP contribution in [-0.2, 0) is 35.8 Å². The first-order valence-corrected chi connectivity index (χ1v) is 6.54. The number of amides is 2. The Labute approximate surface area is 116 Å². The van der Waals surface area contributed by atoms with E-state index in [1.54, 1.807) is 0 Å². The predicted octanol–water partition coefficient (Wildman–Crippen LogP) is 0.236. The third kappa shape index (κ3) is 2.59. The van der Waals surface area contributed by atoms with Crippen molar-refractivity contribution in [1.82, 2.24) is 19.8 Å². The number of nitrogens with one attached hydrogen (secondary N) is 2. The molecule has 0 aliphatic carbocycles. The average molecular weight is 272 g/mol. The summed E-state index contributed by atoms with van der Waals surface area (Å²) in [6, 6.07) is 7.89. The normalized spacial score (nSPS) is 16.2. The third-order valence-electron chi connectivity index (χ3n) is 3.42. The van der Waals surface area contributed by atoms with Gasteiger partial charge in [-0.05, 0) is 24.3 Å². The molecular formula is C14H16N4O2. The summed E-state index contributed by atoms with van der Waals surface area (Å²) in [6.45, 7) is 1.77. The van der Waals surface area contributed by atoms with Crippen LogP contribution < -0.4 is 10.6 Å². The minimum absolute atomic E-state index is 0.101. The second kappa shape index (κ2) is 5.24. The van der Waals surface area contributed by atoms with Crippen molar-refractivity contribution in [3.63, 3.8) is 0 Å². The minimum Gasteiger partial charge on any atom is -0.349 e. The van der Waals surface area contributed by atoms with E-state index in [2.05, 4.69) is 10.6 Å². The van der Waals surface area contributed by atoms with E-state index >= 15 is 0 Å². The molecule has 6 nitrogen and oxygen atoms in total. The molecule has 0 saturated carbocycles. The van der Waals surface area contributed by atoms with Crippen LogP contribution in [0.3, 0.4) is 0 Å². The molecule has 0 bridgehead atoms. The molecule has 0 spiro atoms. The van der Waals surface area contributed by atoms with Crippen LogP contribution in [0.25, 0.3) is 0 Å². The van der Waals surface area contributed by atoms with Crippen LogP contribution in [0, 0.1) is 0 Å². The summed E-state index contributed by atoms with van der Waals surface area (Å²) >= 11 is 0. The summed E-state index contributed by atoms with van der Waals surface area (Å²) in [4.78, 5) is 21.6. The number of rotatable bonds is 0. The van der Waals surface area contributed by atoms with Gasteiger partial charge in [0.1, 0.15) is 6.54 Å². The number of carbonyl (C=O) groups is 2. The molecule has 20 heavy (non-hydrogen) atoms. The second-order valence-electron chi connectivity index (χ2n) is 4.81. The standard InChI is InChI=1S/2C7H8N2O/c10-7-5-9-3-1-2-6(9)4-8-7;10-7-4-6-2-1-3-9(6)5-8-7/h2*1-3H,4-5H2,(H,8,10). The molecule has 4 rings (SSSR count). The van der Waals surface area contributed by atoms with Crippen molar-refractivity contribution >= 4 is 11.8 Å². The summed E-state index contributed by atoms with van der Waals surface area (Å²) in [5.41, 5.74) is 2.28. The molecule has 2 aliphatic rings. The fourth-order valence-electron chi connectivity index (χ4n) is 2.33. The minimum atomic E-state index is 0.101. The maximum absolute atomic E-state index is 10.8. The van der Waals surface area contributed by atoms with Gasteiger partial charge in [0.25, 0.3) is 0 Å². The second-order valence-corrected chi connectivity index (χ2v) is 4.81. The highest BCUT2D eigenvalue weighted by Crippen LogP contribution is 2.06. The molecule has 2 aromatic heterocycles. The maximum Gasteiger partial charge on any atom is 0.240 e. The van der Waals surface area contributed by atoms with Crippen molar-refractivity contribution in [3.05, 3.63) is 48.0 Å². The van der Waals surface area contributed by atoms with E-state index in [-0.39, 0.29) is 11.8 Å². The van der Waals surface area contributed by atoms with Gasteiger partial charge in [0.05, 0.1) is 19.6 Å². The van der Waals surface area contributed by atoms with Gasteiger partial charge in [0.15, 0.2) is 0 Å². The first kappa shape index (κ1) is 12.5. The molecule has 104 valence electrons. The van der Waals surface area contributed by atoms with Crippen molar-refractivity contribution < 1.29 is 9.59 Å². The molecule has 4 heterocycles. The van der Waals surface area contributed by atoms with Crippen molar-refractivity contribution in [2.75, 3.05) is 0 Å². The quantitative estimate of drug-likeness (QED) is 0.721. The van der Waals surface area contributed by atoms with Crippen LogP contribution in [-0.4, -0.2) is 20.9 Å². The van der Waals surface area contributed by atoms with Gasteiger partial charge < -0.3 is 19.8 Å². The summed E-state index contributed by atoms with van der Waals surface area (Å²) in [5, 5.41) is 5.51. The molecule has 2 amide bonds. The molecule has 0 atom stereocenters. The fraction of sp³-hybridized carbons (Fsp3) is 0.286. The van der Waals surface area contributed by atoms with Crippen LogP contribution in [0.4, 0.5) is 0 Å². The van der Waals surface area contributed by atoms with Crippen LogP contribution in [0.1, 0.15) is 11.4 Å². The summed E-state index contributed by atoms with van der Waals surface area (Å²) < 4.78 is 3.99. The highest BCUT2D eigenvalue weighted by Gasteiger charge is 2.12. The van der Waals surface area contributed by atoms with Crippen LogP contribution in [0.15, 0.2) is 36.7 Å². The van der Waals surface area contributed by atoms with Gasteiger partial charge in [-0.25, -0.2) is 0 Å². The molecule has 0 saturated heterocycles. The Hall–Kier alpha value is -2.50. The van der Waals surface area contributed by atoms with Crippen molar-refractivity contribution in [2.45, 2.75) is 26.2 Å². The molecule has 2 aliphatic heterocycles. The molecule has 0 aromatic carbocycles. The van der Waals surface area contributed by atoms with Crippen molar-refractivity contribution in [3.8, 4) is 0 Å². The topological polar surface area (TPSA) is 68.1 Å².